The molecule has 0 fully saturated rings. The number of hydrogen-bond donors (Lipinski definition) is 0. The molecule has 2 heteroatoms. The summed E-state index contributed by atoms with van der Waals surface area (Å²) in [4.78, 5) is 0. The summed E-state index contributed by atoms with van der Waals surface area (Å²) in [5, 5.41) is 8.83. The van der Waals surface area contributed by atoms with Gasteiger partial charge in [-0.05, 0) is 59.6 Å². The van der Waals surface area contributed by atoms with Crippen molar-refractivity contribution in [3.05, 3.63) is 58.9 Å². The van der Waals surface area contributed by atoms with Gasteiger partial charge < -0.3 is 0 Å². The van der Waals surface area contributed by atoms with Crippen molar-refractivity contribution in [2.75, 3.05) is 0 Å². The SMILES string of the molecule is CCCCC1CCc2cc(-c3ccc(C#N)c(F)c3)ccc2C1. The van der Waals surface area contributed by atoms with E-state index >= 15 is 0 Å². The minimum atomic E-state index is -0.442. The second-order valence-corrected chi connectivity index (χ2v) is 6.54. The Kier molecular flexibility index (Phi) is 4.76. The van der Waals surface area contributed by atoms with Gasteiger partial charge >= 0.3 is 0 Å². The Labute approximate surface area is 137 Å². The maximum absolute atomic E-state index is 13.8. The molecule has 0 aliphatic heterocycles. The Morgan fingerprint density at radius 1 is 1.13 bits per heavy atom. The minimum Gasteiger partial charge on any atom is -0.206 e. The molecule has 0 saturated carbocycles. The monoisotopic (exact) mass is 307 g/mol. The van der Waals surface area contributed by atoms with Gasteiger partial charge in [-0.15, -0.1) is 0 Å². The molecule has 2 aromatic carbocycles. The van der Waals surface area contributed by atoms with E-state index in [0.717, 1.165) is 23.5 Å². The van der Waals surface area contributed by atoms with Gasteiger partial charge in [-0.1, -0.05) is 50.5 Å². The first-order valence-electron chi connectivity index (χ1n) is 8.53. The third-order valence-electron chi connectivity index (χ3n) is 4.93. The van der Waals surface area contributed by atoms with E-state index in [1.165, 1.54) is 49.3 Å². The fourth-order valence-corrected chi connectivity index (χ4v) is 3.53. The first-order chi connectivity index (χ1) is 11.2. The van der Waals surface area contributed by atoms with Crippen LogP contribution in [0.4, 0.5) is 4.39 Å². The first-order valence-corrected chi connectivity index (χ1v) is 8.53. The average Bonchev–Trinajstić information content (AvgIpc) is 2.59. The van der Waals surface area contributed by atoms with Crippen molar-refractivity contribution in [2.24, 2.45) is 5.92 Å². The van der Waals surface area contributed by atoms with E-state index in [0.29, 0.717) is 0 Å². The number of nitrogens with zero attached hydrogens (tertiary/aromatic N) is 1. The summed E-state index contributed by atoms with van der Waals surface area (Å²) in [5.74, 6) is 0.378. The second kappa shape index (κ2) is 6.96. The van der Waals surface area contributed by atoms with Crippen molar-refractivity contribution in [3.63, 3.8) is 0 Å². The lowest BCUT2D eigenvalue weighted by Crippen LogP contribution is -2.14. The van der Waals surface area contributed by atoms with Gasteiger partial charge in [-0.2, -0.15) is 5.26 Å². The van der Waals surface area contributed by atoms with Gasteiger partial charge in [0.2, 0.25) is 0 Å². The van der Waals surface area contributed by atoms with Gasteiger partial charge in [-0.25, -0.2) is 4.39 Å². The normalized spacial score (nSPS) is 16.7. The molecule has 0 bridgehead atoms. The molecule has 0 aromatic heterocycles. The molecular formula is C21H22FN. The van der Waals surface area contributed by atoms with Crippen LogP contribution in [0.3, 0.4) is 0 Å². The lowest BCUT2D eigenvalue weighted by molar-refractivity contribution is 0.413. The number of benzene rings is 2. The second-order valence-electron chi connectivity index (χ2n) is 6.54. The highest BCUT2D eigenvalue weighted by atomic mass is 19.1. The van der Waals surface area contributed by atoms with Gasteiger partial charge in [0, 0.05) is 0 Å². The topological polar surface area (TPSA) is 23.8 Å². The molecule has 23 heavy (non-hydrogen) atoms. The standard InChI is InChI=1S/C21H22FN/c1-2-3-4-15-5-6-17-12-18(8-7-16(17)11-15)19-9-10-20(14-23)21(22)13-19/h7-10,12-13,15H,2-6,11H2,1H3. The van der Waals surface area contributed by atoms with Crippen molar-refractivity contribution >= 4 is 0 Å². The van der Waals surface area contributed by atoms with E-state index in [1.54, 1.807) is 6.07 Å². The largest absolute Gasteiger partial charge is 0.206 e. The van der Waals surface area contributed by atoms with E-state index in [4.69, 9.17) is 5.26 Å². The third-order valence-corrected chi connectivity index (χ3v) is 4.93. The number of fused-ring (bicyclic) bond motifs is 1. The van der Waals surface area contributed by atoms with E-state index in [-0.39, 0.29) is 5.56 Å². The van der Waals surface area contributed by atoms with E-state index in [1.807, 2.05) is 12.1 Å². The zero-order valence-corrected chi connectivity index (χ0v) is 13.6. The highest BCUT2D eigenvalue weighted by molar-refractivity contribution is 5.66. The summed E-state index contributed by atoms with van der Waals surface area (Å²) in [6, 6.07) is 13.2. The van der Waals surface area contributed by atoms with Crippen LogP contribution in [-0.2, 0) is 12.8 Å². The number of halogens is 1. The molecule has 0 amide bonds. The predicted molar refractivity (Wildman–Crippen MR) is 91.6 cm³/mol. The smallest absolute Gasteiger partial charge is 0.141 e. The van der Waals surface area contributed by atoms with Crippen molar-refractivity contribution in [2.45, 2.75) is 45.4 Å². The predicted octanol–water partition coefficient (Wildman–Crippen LogP) is 5.66. The van der Waals surface area contributed by atoms with Crippen LogP contribution >= 0.6 is 0 Å². The Balaban J connectivity index is 1.82. The summed E-state index contributed by atoms with van der Waals surface area (Å²) in [6.07, 6.45) is 7.49. The van der Waals surface area contributed by atoms with Crippen molar-refractivity contribution in [3.8, 4) is 17.2 Å². The lowest BCUT2D eigenvalue weighted by Gasteiger charge is -2.25. The molecule has 1 aliphatic rings. The molecule has 0 spiro atoms. The summed E-state index contributed by atoms with van der Waals surface area (Å²) in [6.45, 7) is 2.25. The molecule has 1 nitrogen and oxygen atoms in total. The summed E-state index contributed by atoms with van der Waals surface area (Å²) in [7, 11) is 0. The van der Waals surface area contributed by atoms with Crippen LogP contribution < -0.4 is 0 Å². The fraction of sp³-hybridized carbons (Fsp3) is 0.381. The molecular weight excluding hydrogens is 285 g/mol. The molecule has 0 N–H and O–H groups in total. The van der Waals surface area contributed by atoms with Crippen LogP contribution in [0, 0.1) is 23.1 Å². The van der Waals surface area contributed by atoms with Crippen LogP contribution in [0.25, 0.3) is 11.1 Å². The average molecular weight is 307 g/mol. The van der Waals surface area contributed by atoms with Gasteiger partial charge in [-0.3, -0.25) is 0 Å². The third kappa shape index (κ3) is 3.45. The Hall–Kier alpha value is -2.14. The van der Waals surface area contributed by atoms with Crippen LogP contribution in [0.2, 0.25) is 0 Å². The Morgan fingerprint density at radius 3 is 2.65 bits per heavy atom. The minimum absolute atomic E-state index is 0.102. The van der Waals surface area contributed by atoms with E-state index < -0.39 is 5.82 Å². The number of aryl methyl sites for hydroxylation is 1. The Morgan fingerprint density at radius 2 is 1.91 bits per heavy atom. The Bertz CT molecular complexity index is 742. The van der Waals surface area contributed by atoms with Crippen LogP contribution in [0.15, 0.2) is 36.4 Å². The molecule has 1 aliphatic carbocycles. The first kappa shape index (κ1) is 15.7. The molecule has 3 rings (SSSR count). The molecule has 1 atom stereocenters. The van der Waals surface area contributed by atoms with Gasteiger partial charge in [0.1, 0.15) is 11.9 Å². The molecule has 0 saturated heterocycles. The number of hydrogen-bond acceptors (Lipinski definition) is 1. The molecule has 0 heterocycles. The summed E-state index contributed by atoms with van der Waals surface area (Å²) < 4.78 is 13.8. The van der Waals surface area contributed by atoms with Gasteiger partial charge in [0.25, 0.3) is 0 Å². The molecule has 0 radical (unpaired) electrons. The van der Waals surface area contributed by atoms with Crippen molar-refractivity contribution in [1.82, 2.24) is 0 Å². The van der Waals surface area contributed by atoms with Gasteiger partial charge in [0.15, 0.2) is 0 Å². The molecule has 118 valence electrons. The van der Waals surface area contributed by atoms with Crippen LogP contribution in [0.5, 0.6) is 0 Å². The zero-order chi connectivity index (χ0) is 16.2. The summed E-state index contributed by atoms with van der Waals surface area (Å²) >= 11 is 0. The molecule has 2 aromatic rings. The maximum atomic E-state index is 13.8. The number of unbranched alkanes of at least 4 members (excludes halogenated alkanes) is 1. The van der Waals surface area contributed by atoms with E-state index in [9.17, 15) is 4.39 Å². The quantitative estimate of drug-likeness (QED) is 0.715. The van der Waals surface area contributed by atoms with E-state index in [2.05, 4.69) is 25.1 Å². The maximum Gasteiger partial charge on any atom is 0.141 e. The number of rotatable bonds is 4. The van der Waals surface area contributed by atoms with Crippen LogP contribution in [0.1, 0.15) is 49.3 Å². The lowest BCUT2D eigenvalue weighted by atomic mass is 9.80. The zero-order valence-electron chi connectivity index (χ0n) is 13.6. The highest BCUT2D eigenvalue weighted by Gasteiger charge is 2.18. The highest BCUT2D eigenvalue weighted by Crippen LogP contribution is 2.32. The van der Waals surface area contributed by atoms with Gasteiger partial charge in [0.05, 0.1) is 5.56 Å². The van der Waals surface area contributed by atoms with Crippen molar-refractivity contribution < 1.29 is 4.39 Å². The van der Waals surface area contributed by atoms with Crippen molar-refractivity contribution in [1.29, 1.82) is 5.26 Å². The molecule has 1 unspecified atom stereocenters. The fourth-order valence-electron chi connectivity index (χ4n) is 3.53. The summed E-state index contributed by atoms with van der Waals surface area (Å²) in [5.41, 5.74) is 4.84. The number of nitriles is 1. The van der Waals surface area contributed by atoms with Crippen LogP contribution in [-0.4, -0.2) is 0 Å².